The van der Waals surface area contributed by atoms with Gasteiger partial charge in [-0.05, 0) is 98.4 Å². The average molecular weight is 762 g/mol. The fourth-order valence-electron chi connectivity index (χ4n) is 10.3. The molecular weight excluding hydrogens is 695 g/mol. The molecule has 2 aliphatic heterocycles. The molecule has 0 aromatic heterocycles. The van der Waals surface area contributed by atoms with Gasteiger partial charge in [0.25, 0.3) is 5.91 Å². The third kappa shape index (κ3) is 9.74. The number of hydrogen-bond acceptors (Lipinski definition) is 9. The van der Waals surface area contributed by atoms with Gasteiger partial charge < -0.3 is 30.9 Å². The van der Waals surface area contributed by atoms with Gasteiger partial charge in [-0.3, -0.25) is 19.3 Å². The summed E-state index contributed by atoms with van der Waals surface area (Å²) in [7, 11) is 0. The zero-order valence-electron chi connectivity index (χ0n) is 34.0. The minimum absolute atomic E-state index is 0.0777. The molecular formula is C44H67N5O6. The summed E-state index contributed by atoms with van der Waals surface area (Å²) >= 11 is 0. The molecule has 0 unspecified atom stereocenters. The molecule has 3 saturated carbocycles. The molecule has 7 rings (SSSR count). The van der Waals surface area contributed by atoms with E-state index in [4.69, 9.17) is 15.3 Å². The molecule has 2 aromatic carbocycles. The second-order valence-electron chi connectivity index (χ2n) is 18.1. The van der Waals surface area contributed by atoms with Crippen molar-refractivity contribution in [2.24, 2.45) is 40.7 Å². The van der Waals surface area contributed by atoms with Crippen LogP contribution in [0.5, 0.6) is 5.75 Å². The monoisotopic (exact) mass is 762 g/mol. The van der Waals surface area contributed by atoms with Crippen molar-refractivity contribution < 1.29 is 29.4 Å². The van der Waals surface area contributed by atoms with Gasteiger partial charge in [0.1, 0.15) is 17.9 Å². The number of nitrogens with two attached hydrogens (primary N) is 1. The van der Waals surface area contributed by atoms with Gasteiger partial charge in [-0.25, -0.2) is 0 Å². The van der Waals surface area contributed by atoms with Crippen LogP contribution < -0.4 is 15.8 Å². The van der Waals surface area contributed by atoms with E-state index in [0.29, 0.717) is 54.5 Å². The van der Waals surface area contributed by atoms with Crippen LogP contribution in [0.15, 0.2) is 48.5 Å². The number of hydroxylamine groups is 2. The van der Waals surface area contributed by atoms with Crippen LogP contribution in [0.3, 0.4) is 0 Å². The standard InChI is InChI=1S/C44H67N5O6/c1-28(2)18-35(25-47-16-9-10-17-47)48(24-33-14-7-8-15-38(33)54-27-40(45)52)22-31-12-11-13-32(19-31)23-49-42(41(30(4)51)39(26-50)55-49)43(53)46-37-21-34-20-36(29(37)3)44(34,5)6/h7-8,11-15,19,28-30,34-37,39,41-42,50-51H,9-10,16-18,20-27H2,1-6H3,(H2,45,52)(H,46,53)/t29-,30+,34+,35+,36+,37+,39+,41-,42+/m1/s1. The van der Waals surface area contributed by atoms with Gasteiger partial charge in [0.05, 0.1) is 19.3 Å². The van der Waals surface area contributed by atoms with Crippen molar-refractivity contribution in [3.05, 3.63) is 65.2 Å². The largest absolute Gasteiger partial charge is 0.483 e. The van der Waals surface area contributed by atoms with E-state index in [9.17, 15) is 19.8 Å². The number of hydrogen-bond donors (Lipinski definition) is 4. The van der Waals surface area contributed by atoms with Crippen molar-refractivity contribution >= 4 is 11.8 Å². The summed E-state index contributed by atoms with van der Waals surface area (Å²) in [5.74, 6) is 1.47. The van der Waals surface area contributed by atoms with Gasteiger partial charge in [0, 0.05) is 43.2 Å². The van der Waals surface area contributed by atoms with Crippen LogP contribution in [0.4, 0.5) is 0 Å². The van der Waals surface area contributed by atoms with Crippen LogP contribution in [0.25, 0.3) is 0 Å². The molecule has 2 aromatic rings. The van der Waals surface area contributed by atoms with Gasteiger partial charge in [-0.2, -0.15) is 5.06 Å². The molecule has 2 heterocycles. The van der Waals surface area contributed by atoms with Crippen LogP contribution in [0, 0.1) is 35.0 Å². The van der Waals surface area contributed by atoms with Crippen molar-refractivity contribution in [3.8, 4) is 5.75 Å². The van der Waals surface area contributed by atoms with Crippen molar-refractivity contribution in [2.45, 2.75) is 124 Å². The molecule has 9 atom stereocenters. The summed E-state index contributed by atoms with van der Waals surface area (Å²) in [5.41, 5.74) is 8.87. The Morgan fingerprint density at radius 2 is 1.78 bits per heavy atom. The number of amides is 2. The number of para-hydroxylation sites is 1. The fourth-order valence-corrected chi connectivity index (χ4v) is 10.3. The number of nitrogens with one attached hydrogen (secondary N) is 1. The molecule has 5 N–H and O–H groups in total. The van der Waals surface area contributed by atoms with Crippen LogP contribution >= 0.6 is 0 Å². The van der Waals surface area contributed by atoms with Crippen molar-refractivity contribution in [2.75, 3.05) is 32.8 Å². The molecule has 5 fully saturated rings. The molecule has 2 amide bonds. The molecule has 2 bridgehead atoms. The fraction of sp³-hybridized carbons (Fsp3) is 0.682. The van der Waals surface area contributed by atoms with Crippen LogP contribution in [-0.4, -0.2) is 100 Å². The predicted octanol–water partition coefficient (Wildman–Crippen LogP) is 4.72. The summed E-state index contributed by atoms with van der Waals surface area (Å²) in [4.78, 5) is 37.3. The average Bonchev–Trinajstić information content (AvgIpc) is 3.79. The van der Waals surface area contributed by atoms with E-state index in [-0.39, 0.29) is 31.2 Å². The highest BCUT2D eigenvalue weighted by Gasteiger charge is 2.57. The number of nitrogens with zero attached hydrogens (tertiary/aromatic N) is 3. The predicted molar refractivity (Wildman–Crippen MR) is 213 cm³/mol. The van der Waals surface area contributed by atoms with Gasteiger partial charge in [-0.1, -0.05) is 77.1 Å². The zero-order chi connectivity index (χ0) is 39.4. The first-order chi connectivity index (χ1) is 26.2. The van der Waals surface area contributed by atoms with E-state index in [1.165, 1.54) is 19.3 Å². The Balaban J connectivity index is 1.23. The minimum atomic E-state index is -0.850. The van der Waals surface area contributed by atoms with Gasteiger partial charge in [-0.15, -0.1) is 0 Å². The van der Waals surface area contributed by atoms with E-state index in [0.717, 1.165) is 49.2 Å². The Labute approximate surface area is 328 Å². The van der Waals surface area contributed by atoms with Gasteiger partial charge in [0.15, 0.2) is 6.61 Å². The Bertz CT molecular complexity index is 1600. The highest BCUT2D eigenvalue weighted by atomic mass is 16.7. The quantitative estimate of drug-likeness (QED) is 0.170. The zero-order valence-corrected chi connectivity index (χ0v) is 34.0. The maximum atomic E-state index is 14.2. The first-order valence-corrected chi connectivity index (χ1v) is 20.8. The van der Waals surface area contributed by atoms with Crippen molar-refractivity contribution in [1.29, 1.82) is 0 Å². The van der Waals surface area contributed by atoms with E-state index in [2.05, 4.69) is 80.1 Å². The Morgan fingerprint density at radius 3 is 2.44 bits per heavy atom. The topological polar surface area (TPSA) is 141 Å². The number of likely N-dealkylation sites (tertiary alicyclic amines) is 1. The Hall–Kier alpha value is -3.06. The van der Waals surface area contributed by atoms with Crippen LogP contribution in [0.1, 0.15) is 90.3 Å². The van der Waals surface area contributed by atoms with Gasteiger partial charge in [0.2, 0.25) is 5.91 Å². The summed E-state index contributed by atoms with van der Waals surface area (Å²) < 4.78 is 5.88. The second kappa shape index (κ2) is 18.0. The third-order valence-corrected chi connectivity index (χ3v) is 13.4. The summed E-state index contributed by atoms with van der Waals surface area (Å²) in [6.45, 7) is 17.6. The summed E-state index contributed by atoms with van der Waals surface area (Å²) in [6, 6.07) is 15.9. The number of rotatable bonds is 18. The normalized spacial score (nSPS) is 28.9. The number of carbonyl (C=O) groups excluding carboxylic acids is 2. The Morgan fingerprint density at radius 1 is 1.05 bits per heavy atom. The van der Waals surface area contributed by atoms with Crippen molar-refractivity contribution in [3.63, 3.8) is 0 Å². The highest BCUT2D eigenvalue weighted by molar-refractivity contribution is 5.83. The molecule has 11 nitrogen and oxygen atoms in total. The van der Waals surface area contributed by atoms with E-state index in [1.54, 1.807) is 12.0 Å². The number of carbonyl (C=O) groups is 2. The molecule has 11 heteroatoms. The van der Waals surface area contributed by atoms with E-state index >= 15 is 0 Å². The second-order valence-corrected chi connectivity index (χ2v) is 18.1. The number of aliphatic hydroxyl groups is 2. The van der Waals surface area contributed by atoms with E-state index in [1.807, 2.05) is 18.2 Å². The maximum absolute atomic E-state index is 14.2. The number of benzene rings is 2. The molecule has 3 aliphatic carbocycles. The lowest BCUT2D eigenvalue weighted by atomic mass is 9.45. The number of ether oxygens (including phenoxy) is 1. The first kappa shape index (κ1) is 41.6. The van der Waals surface area contributed by atoms with Gasteiger partial charge >= 0.3 is 0 Å². The molecule has 0 spiro atoms. The van der Waals surface area contributed by atoms with E-state index < -0.39 is 30.1 Å². The Kier molecular flexibility index (Phi) is 13.6. The number of aliphatic hydroxyl groups excluding tert-OH is 2. The minimum Gasteiger partial charge on any atom is -0.483 e. The lowest BCUT2D eigenvalue weighted by Gasteiger charge is -2.62. The molecule has 55 heavy (non-hydrogen) atoms. The van der Waals surface area contributed by atoms with Crippen molar-refractivity contribution in [1.82, 2.24) is 20.2 Å². The first-order valence-electron chi connectivity index (χ1n) is 20.8. The van der Waals surface area contributed by atoms with Crippen LogP contribution in [0.2, 0.25) is 0 Å². The van der Waals surface area contributed by atoms with Crippen LogP contribution in [-0.2, 0) is 34.1 Å². The smallest absolute Gasteiger partial charge is 0.255 e. The summed E-state index contributed by atoms with van der Waals surface area (Å²) in [5, 5.41) is 26.4. The lowest BCUT2D eigenvalue weighted by molar-refractivity contribution is -0.183. The highest BCUT2D eigenvalue weighted by Crippen LogP contribution is 2.61. The molecule has 0 radical (unpaired) electrons. The lowest BCUT2D eigenvalue weighted by Crippen LogP contribution is -2.62. The number of primary amides is 1. The summed E-state index contributed by atoms with van der Waals surface area (Å²) in [6.07, 6.45) is 4.13. The maximum Gasteiger partial charge on any atom is 0.255 e. The third-order valence-electron chi connectivity index (χ3n) is 13.4. The number of fused-ring (bicyclic) bond motifs is 2. The molecule has 5 aliphatic rings. The SMILES string of the molecule is CC(C)C[C@@H](CN1CCCC1)N(Cc1cccc(CN2O[C@@H](CO)[C@@H]([C@H](C)O)[C@H]2C(=O)N[C@H]2C[C@@H]3C[C@@H]([C@H]2C)C3(C)C)c1)Cc1ccccc1OCC(N)=O. The molecule has 2 saturated heterocycles. The molecule has 304 valence electrons.